The van der Waals surface area contributed by atoms with Gasteiger partial charge in [0.2, 0.25) is 5.88 Å². The van der Waals surface area contributed by atoms with Gasteiger partial charge in [-0.1, -0.05) is 36.4 Å². The van der Waals surface area contributed by atoms with Gasteiger partial charge in [0.15, 0.2) is 0 Å². The molecule has 2 aromatic carbocycles. The Hall–Kier alpha value is -2.88. The number of hydrogen-bond acceptors (Lipinski definition) is 3. The summed E-state index contributed by atoms with van der Waals surface area (Å²) in [4.78, 5) is 8.45. The minimum absolute atomic E-state index is 0.0795. The van der Waals surface area contributed by atoms with Gasteiger partial charge in [0.25, 0.3) is 0 Å². The van der Waals surface area contributed by atoms with Crippen LogP contribution in [0.5, 0.6) is 5.88 Å². The van der Waals surface area contributed by atoms with Gasteiger partial charge < -0.3 is 5.11 Å². The predicted octanol–water partition coefficient (Wildman–Crippen LogP) is 3.33. The molecule has 0 spiro atoms. The number of imidazole rings is 1. The summed E-state index contributed by atoms with van der Waals surface area (Å²) in [6.45, 7) is 0. The summed E-state index contributed by atoms with van der Waals surface area (Å²) in [5.41, 5.74) is 2.12. The van der Waals surface area contributed by atoms with E-state index in [1.165, 1.54) is 0 Å². The number of benzene rings is 2. The summed E-state index contributed by atoms with van der Waals surface area (Å²) < 4.78 is 1.62. The van der Waals surface area contributed by atoms with Crippen molar-refractivity contribution in [2.24, 2.45) is 4.99 Å². The van der Waals surface area contributed by atoms with E-state index in [4.69, 9.17) is 0 Å². The van der Waals surface area contributed by atoms with Crippen LogP contribution in [-0.2, 0) is 0 Å². The lowest BCUT2D eigenvalue weighted by atomic mass is 10.3. The van der Waals surface area contributed by atoms with Gasteiger partial charge in [-0.25, -0.2) is 4.98 Å². The molecule has 0 aliphatic rings. The molecular weight excluding hydrogens is 250 g/mol. The molecule has 0 amide bonds. The Kier molecular flexibility index (Phi) is 3.29. The third-order valence-corrected chi connectivity index (χ3v) is 2.90. The van der Waals surface area contributed by atoms with E-state index in [2.05, 4.69) is 9.98 Å². The SMILES string of the molecule is Oc1c(C=Nc2ccccc2)ncn1-c1ccccc1. The molecule has 0 unspecified atom stereocenters. The second-order valence-corrected chi connectivity index (χ2v) is 4.25. The minimum atomic E-state index is 0.0795. The third-order valence-electron chi connectivity index (χ3n) is 2.90. The van der Waals surface area contributed by atoms with Gasteiger partial charge in [0, 0.05) is 0 Å². The molecular formula is C16H13N3O. The van der Waals surface area contributed by atoms with E-state index in [-0.39, 0.29) is 5.88 Å². The van der Waals surface area contributed by atoms with Gasteiger partial charge >= 0.3 is 0 Å². The van der Waals surface area contributed by atoms with E-state index < -0.39 is 0 Å². The lowest BCUT2D eigenvalue weighted by molar-refractivity contribution is 0.442. The van der Waals surface area contributed by atoms with Gasteiger partial charge in [0.1, 0.15) is 12.0 Å². The average molecular weight is 263 g/mol. The van der Waals surface area contributed by atoms with Gasteiger partial charge in [0.05, 0.1) is 17.6 Å². The quantitative estimate of drug-likeness (QED) is 0.737. The van der Waals surface area contributed by atoms with Crippen LogP contribution in [0.3, 0.4) is 0 Å². The highest BCUT2D eigenvalue weighted by Crippen LogP contribution is 2.20. The number of para-hydroxylation sites is 2. The van der Waals surface area contributed by atoms with Gasteiger partial charge in [-0.3, -0.25) is 9.56 Å². The summed E-state index contributed by atoms with van der Waals surface area (Å²) in [5, 5.41) is 10.2. The summed E-state index contributed by atoms with van der Waals surface area (Å²) >= 11 is 0. The lowest BCUT2D eigenvalue weighted by Gasteiger charge is -2.02. The molecule has 3 aromatic rings. The first-order valence-corrected chi connectivity index (χ1v) is 6.25. The number of aromatic nitrogens is 2. The van der Waals surface area contributed by atoms with E-state index in [9.17, 15) is 5.11 Å². The second kappa shape index (κ2) is 5.40. The smallest absolute Gasteiger partial charge is 0.225 e. The molecule has 1 aromatic heterocycles. The van der Waals surface area contributed by atoms with Crippen molar-refractivity contribution in [2.75, 3.05) is 0 Å². The zero-order valence-electron chi connectivity index (χ0n) is 10.7. The van der Waals surface area contributed by atoms with E-state index in [0.29, 0.717) is 5.69 Å². The highest BCUT2D eigenvalue weighted by Gasteiger charge is 2.08. The Morgan fingerprint density at radius 3 is 2.30 bits per heavy atom. The molecule has 4 nitrogen and oxygen atoms in total. The Morgan fingerprint density at radius 2 is 1.60 bits per heavy atom. The normalized spacial score (nSPS) is 11.0. The molecule has 0 aliphatic carbocycles. The van der Waals surface area contributed by atoms with Crippen molar-refractivity contribution in [3.63, 3.8) is 0 Å². The molecule has 1 N–H and O–H groups in total. The average Bonchev–Trinajstić information content (AvgIpc) is 2.88. The molecule has 0 saturated heterocycles. The monoisotopic (exact) mass is 263 g/mol. The summed E-state index contributed by atoms with van der Waals surface area (Å²) in [6.07, 6.45) is 3.14. The van der Waals surface area contributed by atoms with Crippen molar-refractivity contribution in [1.82, 2.24) is 9.55 Å². The largest absolute Gasteiger partial charge is 0.493 e. The molecule has 0 aliphatic heterocycles. The zero-order chi connectivity index (χ0) is 13.8. The topological polar surface area (TPSA) is 50.4 Å². The number of hydrogen-bond donors (Lipinski definition) is 1. The first kappa shape index (κ1) is 12.2. The molecule has 1 heterocycles. The molecule has 0 radical (unpaired) electrons. The summed E-state index contributed by atoms with van der Waals surface area (Å²) in [5.74, 6) is 0.0795. The fourth-order valence-electron chi connectivity index (χ4n) is 1.87. The fraction of sp³-hybridized carbons (Fsp3) is 0. The number of aliphatic imine (C=N–C) groups is 1. The van der Waals surface area contributed by atoms with Crippen molar-refractivity contribution in [3.05, 3.63) is 72.7 Å². The predicted molar refractivity (Wildman–Crippen MR) is 78.9 cm³/mol. The molecule has 0 saturated carbocycles. The summed E-state index contributed by atoms with van der Waals surface area (Å²) in [7, 11) is 0. The van der Waals surface area contributed by atoms with Crippen LogP contribution in [0.1, 0.15) is 5.69 Å². The second-order valence-electron chi connectivity index (χ2n) is 4.25. The molecule has 4 heteroatoms. The van der Waals surface area contributed by atoms with Crippen LogP contribution in [0.15, 0.2) is 72.0 Å². The van der Waals surface area contributed by atoms with Crippen molar-refractivity contribution in [1.29, 1.82) is 0 Å². The number of nitrogens with zero attached hydrogens (tertiary/aromatic N) is 3. The van der Waals surface area contributed by atoms with E-state index in [0.717, 1.165) is 11.4 Å². The lowest BCUT2D eigenvalue weighted by Crippen LogP contribution is -1.90. The molecule has 0 fully saturated rings. The third kappa shape index (κ3) is 2.44. The van der Waals surface area contributed by atoms with Crippen LogP contribution >= 0.6 is 0 Å². The zero-order valence-corrected chi connectivity index (χ0v) is 10.7. The number of aromatic hydroxyl groups is 1. The Balaban J connectivity index is 1.90. The van der Waals surface area contributed by atoms with Crippen LogP contribution in [0.25, 0.3) is 5.69 Å². The Labute approximate surface area is 116 Å². The van der Waals surface area contributed by atoms with Crippen LogP contribution in [-0.4, -0.2) is 20.9 Å². The van der Waals surface area contributed by atoms with Crippen LogP contribution < -0.4 is 0 Å². The molecule has 0 bridgehead atoms. The van der Waals surface area contributed by atoms with E-state index in [1.807, 2.05) is 60.7 Å². The maximum absolute atomic E-state index is 10.2. The first-order chi connectivity index (χ1) is 9.84. The van der Waals surface area contributed by atoms with Gasteiger partial charge in [-0.2, -0.15) is 0 Å². The van der Waals surface area contributed by atoms with Crippen LogP contribution in [0, 0.1) is 0 Å². The van der Waals surface area contributed by atoms with E-state index >= 15 is 0 Å². The van der Waals surface area contributed by atoms with Crippen LogP contribution in [0.2, 0.25) is 0 Å². The molecule has 0 atom stereocenters. The summed E-state index contributed by atoms with van der Waals surface area (Å²) in [6, 6.07) is 19.1. The highest BCUT2D eigenvalue weighted by molar-refractivity contribution is 5.82. The van der Waals surface area contributed by atoms with Gasteiger partial charge in [-0.05, 0) is 24.3 Å². The number of rotatable bonds is 3. The van der Waals surface area contributed by atoms with Gasteiger partial charge in [-0.15, -0.1) is 0 Å². The molecule has 98 valence electrons. The maximum atomic E-state index is 10.2. The standard InChI is InChI=1S/C16H13N3O/c20-16-15(11-17-13-7-3-1-4-8-13)18-12-19(16)14-9-5-2-6-10-14/h1-12,20H. The van der Waals surface area contributed by atoms with E-state index in [1.54, 1.807) is 17.1 Å². The van der Waals surface area contributed by atoms with Crippen molar-refractivity contribution < 1.29 is 5.11 Å². The molecule has 20 heavy (non-hydrogen) atoms. The van der Waals surface area contributed by atoms with Crippen molar-refractivity contribution in [3.8, 4) is 11.6 Å². The molecule has 3 rings (SSSR count). The van der Waals surface area contributed by atoms with Crippen molar-refractivity contribution >= 4 is 11.9 Å². The Morgan fingerprint density at radius 1 is 0.950 bits per heavy atom. The highest BCUT2D eigenvalue weighted by atomic mass is 16.3. The Bertz CT molecular complexity index is 718. The van der Waals surface area contributed by atoms with Crippen LogP contribution in [0.4, 0.5) is 5.69 Å². The fourth-order valence-corrected chi connectivity index (χ4v) is 1.87. The first-order valence-electron chi connectivity index (χ1n) is 6.25. The minimum Gasteiger partial charge on any atom is -0.493 e. The maximum Gasteiger partial charge on any atom is 0.225 e. The van der Waals surface area contributed by atoms with Crippen molar-refractivity contribution in [2.45, 2.75) is 0 Å².